The van der Waals surface area contributed by atoms with Crippen LogP contribution in [0.4, 0.5) is 0 Å². The summed E-state index contributed by atoms with van der Waals surface area (Å²) in [7, 11) is 0. The zero-order valence-corrected chi connectivity index (χ0v) is 11.5. The number of aryl methyl sites for hydroxylation is 1. The lowest BCUT2D eigenvalue weighted by atomic mass is 10.1. The fourth-order valence-electron chi connectivity index (χ4n) is 2.22. The number of unbranched alkanes of at least 4 members (excludes halogenated alkanes) is 1. The van der Waals surface area contributed by atoms with Crippen molar-refractivity contribution in [2.24, 2.45) is 5.73 Å². The van der Waals surface area contributed by atoms with Crippen LogP contribution in [0.3, 0.4) is 0 Å². The van der Waals surface area contributed by atoms with E-state index in [0.29, 0.717) is 0 Å². The van der Waals surface area contributed by atoms with Gasteiger partial charge in [-0.3, -0.25) is 4.79 Å². The van der Waals surface area contributed by atoms with Gasteiger partial charge >= 0.3 is 0 Å². The molecule has 1 heterocycles. The normalized spacial score (nSPS) is 11.5. The van der Waals surface area contributed by atoms with E-state index in [1.54, 1.807) is 6.08 Å². The van der Waals surface area contributed by atoms with Crippen LogP contribution in [-0.4, -0.2) is 10.5 Å². The van der Waals surface area contributed by atoms with Gasteiger partial charge in [0.15, 0.2) is 0 Å². The third-order valence-electron chi connectivity index (χ3n) is 3.26. The molecule has 0 saturated carbocycles. The minimum Gasteiger partial charge on any atom is -0.365 e. The standard InChI is InChI=1S/C16H17N3O/c1-2-3-8-19-11-13(9-12(10-17)16(18)20)14-6-4-5-7-15(14)19/h4-7,9,11H,2-3,8H2,1H3,(H2,18,20)/b12-9+. The fraction of sp³-hybridized carbons (Fsp3) is 0.250. The molecular formula is C16H17N3O. The molecule has 0 unspecified atom stereocenters. The molecule has 0 atom stereocenters. The summed E-state index contributed by atoms with van der Waals surface area (Å²) in [6.07, 6.45) is 5.74. The van der Waals surface area contributed by atoms with Crippen molar-refractivity contribution in [1.29, 1.82) is 5.26 Å². The number of fused-ring (bicyclic) bond motifs is 1. The van der Waals surface area contributed by atoms with Crippen LogP contribution in [0.5, 0.6) is 0 Å². The zero-order chi connectivity index (χ0) is 14.5. The van der Waals surface area contributed by atoms with E-state index in [1.807, 2.05) is 36.5 Å². The van der Waals surface area contributed by atoms with Gasteiger partial charge in [-0.05, 0) is 18.6 Å². The molecule has 0 aliphatic heterocycles. The first-order chi connectivity index (χ1) is 9.67. The van der Waals surface area contributed by atoms with E-state index in [-0.39, 0.29) is 5.57 Å². The number of primary amides is 1. The van der Waals surface area contributed by atoms with Crippen molar-refractivity contribution in [2.45, 2.75) is 26.3 Å². The van der Waals surface area contributed by atoms with E-state index in [1.165, 1.54) is 0 Å². The van der Waals surface area contributed by atoms with Crippen molar-refractivity contribution in [2.75, 3.05) is 0 Å². The van der Waals surface area contributed by atoms with Gasteiger partial charge in [0, 0.05) is 29.2 Å². The monoisotopic (exact) mass is 267 g/mol. The summed E-state index contributed by atoms with van der Waals surface area (Å²) >= 11 is 0. The van der Waals surface area contributed by atoms with E-state index in [2.05, 4.69) is 11.5 Å². The van der Waals surface area contributed by atoms with Crippen molar-refractivity contribution < 1.29 is 4.79 Å². The van der Waals surface area contributed by atoms with Crippen LogP contribution < -0.4 is 5.73 Å². The second kappa shape index (κ2) is 6.07. The quantitative estimate of drug-likeness (QED) is 0.668. The lowest BCUT2D eigenvalue weighted by Crippen LogP contribution is -2.12. The lowest BCUT2D eigenvalue weighted by molar-refractivity contribution is -0.114. The fourth-order valence-corrected chi connectivity index (χ4v) is 2.22. The molecule has 0 aliphatic rings. The lowest BCUT2D eigenvalue weighted by Gasteiger charge is -2.02. The number of nitrogens with zero attached hydrogens (tertiary/aromatic N) is 2. The third-order valence-corrected chi connectivity index (χ3v) is 3.26. The SMILES string of the molecule is CCCCn1cc(/C=C(\C#N)C(N)=O)c2ccccc21. The van der Waals surface area contributed by atoms with E-state index in [9.17, 15) is 4.79 Å². The average Bonchev–Trinajstić information content (AvgIpc) is 2.80. The molecule has 2 N–H and O–H groups in total. The number of carbonyl (C=O) groups excluding carboxylic acids is 1. The van der Waals surface area contributed by atoms with E-state index < -0.39 is 5.91 Å². The molecule has 1 aromatic carbocycles. The highest BCUT2D eigenvalue weighted by molar-refractivity contribution is 6.03. The number of benzene rings is 1. The van der Waals surface area contributed by atoms with Crippen LogP contribution >= 0.6 is 0 Å². The van der Waals surface area contributed by atoms with Gasteiger partial charge in [-0.15, -0.1) is 0 Å². The third kappa shape index (κ3) is 2.72. The van der Waals surface area contributed by atoms with Crippen LogP contribution in [0, 0.1) is 11.3 Å². The van der Waals surface area contributed by atoms with Crippen LogP contribution in [0.1, 0.15) is 25.3 Å². The van der Waals surface area contributed by atoms with Gasteiger partial charge in [0.2, 0.25) is 0 Å². The molecule has 0 radical (unpaired) electrons. The summed E-state index contributed by atoms with van der Waals surface area (Å²) in [6.45, 7) is 3.07. The summed E-state index contributed by atoms with van der Waals surface area (Å²) in [5.41, 5.74) is 7.12. The number of hydrogen-bond acceptors (Lipinski definition) is 2. The predicted molar refractivity (Wildman–Crippen MR) is 79.6 cm³/mol. The minimum absolute atomic E-state index is 0.0246. The number of rotatable bonds is 5. The number of hydrogen-bond donors (Lipinski definition) is 1. The van der Waals surface area contributed by atoms with Gasteiger partial charge in [0.25, 0.3) is 5.91 Å². The molecule has 2 aromatic rings. The van der Waals surface area contributed by atoms with Crippen LogP contribution in [-0.2, 0) is 11.3 Å². The molecule has 102 valence electrons. The molecule has 1 amide bonds. The molecule has 0 bridgehead atoms. The topological polar surface area (TPSA) is 71.8 Å². The summed E-state index contributed by atoms with van der Waals surface area (Å²) in [5.74, 6) is -0.696. The molecule has 0 saturated heterocycles. The molecule has 1 aromatic heterocycles. The first-order valence-corrected chi connectivity index (χ1v) is 6.66. The Hall–Kier alpha value is -2.54. The summed E-state index contributed by atoms with van der Waals surface area (Å²) < 4.78 is 2.15. The first kappa shape index (κ1) is 13.9. The van der Waals surface area contributed by atoms with Crippen molar-refractivity contribution in [3.05, 3.63) is 41.6 Å². The summed E-state index contributed by atoms with van der Waals surface area (Å²) in [4.78, 5) is 11.2. The Morgan fingerprint density at radius 2 is 2.20 bits per heavy atom. The van der Waals surface area contributed by atoms with Crippen LogP contribution in [0.2, 0.25) is 0 Å². The number of nitriles is 1. The van der Waals surface area contributed by atoms with Crippen molar-refractivity contribution >= 4 is 22.9 Å². The molecule has 20 heavy (non-hydrogen) atoms. The first-order valence-electron chi connectivity index (χ1n) is 6.66. The van der Waals surface area contributed by atoms with Crippen LogP contribution in [0.25, 0.3) is 17.0 Å². The van der Waals surface area contributed by atoms with Crippen molar-refractivity contribution in [3.63, 3.8) is 0 Å². The van der Waals surface area contributed by atoms with E-state index >= 15 is 0 Å². The van der Waals surface area contributed by atoms with Crippen molar-refractivity contribution in [3.8, 4) is 6.07 Å². The predicted octanol–water partition coefficient (Wildman–Crippen LogP) is 2.83. The maximum absolute atomic E-state index is 11.2. The second-order valence-electron chi connectivity index (χ2n) is 4.68. The zero-order valence-electron chi connectivity index (χ0n) is 11.5. The van der Waals surface area contributed by atoms with Gasteiger partial charge < -0.3 is 10.3 Å². The number of carbonyl (C=O) groups is 1. The van der Waals surface area contributed by atoms with Gasteiger partial charge in [0.05, 0.1) is 0 Å². The highest BCUT2D eigenvalue weighted by Gasteiger charge is 2.09. The smallest absolute Gasteiger partial charge is 0.259 e. The Kier molecular flexibility index (Phi) is 4.21. The largest absolute Gasteiger partial charge is 0.365 e. The number of aromatic nitrogens is 1. The summed E-state index contributed by atoms with van der Waals surface area (Å²) in [5, 5.41) is 9.98. The Morgan fingerprint density at radius 1 is 1.45 bits per heavy atom. The van der Waals surface area contributed by atoms with Crippen LogP contribution in [0.15, 0.2) is 36.0 Å². The van der Waals surface area contributed by atoms with Gasteiger partial charge in [-0.1, -0.05) is 31.5 Å². The number of para-hydroxylation sites is 1. The molecule has 4 heteroatoms. The minimum atomic E-state index is -0.696. The number of nitrogens with two attached hydrogens (primary N) is 1. The van der Waals surface area contributed by atoms with Gasteiger partial charge in [-0.2, -0.15) is 5.26 Å². The van der Waals surface area contributed by atoms with E-state index in [0.717, 1.165) is 35.9 Å². The number of amides is 1. The van der Waals surface area contributed by atoms with Crippen molar-refractivity contribution in [1.82, 2.24) is 4.57 Å². The average molecular weight is 267 g/mol. The second-order valence-corrected chi connectivity index (χ2v) is 4.68. The highest BCUT2D eigenvalue weighted by Crippen LogP contribution is 2.24. The Balaban J connectivity index is 2.54. The molecule has 0 aliphatic carbocycles. The highest BCUT2D eigenvalue weighted by atomic mass is 16.1. The molecule has 2 rings (SSSR count). The Bertz CT molecular complexity index is 704. The Morgan fingerprint density at radius 3 is 2.85 bits per heavy atom. The van der Waals surface area contributed by atoms with E-state index in [4.69, 9.17) is 11.0 Å². The maximum Gasteiger partial charge on any atom is 0.259 e. The maximum atomic E-state index is 11.2. The molecular weight excluding hydrogens is 250 g/mol. The van der Waals surface area contributed by atoms with Gasteiger partial charge in [0.1, 0.15) is 11.6 Å². The Labute approximate surface area is 118 Å². The molecule has 0 fully saturated rings. The summed E-state index contributed by atoms with van der Waals surface area (Å²) in [6, 6.07) is 9.80. The molecule has 0 spiro atoms. The molecule has 4 nitrogen and oxygen atoms in total. The van der Waals surface area contributed by atoms with Gasteiger partial charge in [-0.25, -0.2) is 0 Å².